The van der Waals surface area contributed by atoms with Crippen molar-refractivity contribution in [3.05, 3.63) is 54.6 Å². The van der Waals surface area contributed by atoms with E-state index in [1.54, 1.807) is 0 Å². The third-order valence-corrected chi connectivity index (χ3v) is 5.42. The molecule has 1 fully saturated rings. The second-order valence-electron chi connectivity index (χ2n) is 7.37. The molecule has 27 heavy (non-hydrogen) atoms. The predicted octanol–water partition coefficient (Wildman–Crippen LogP) is 4.32. The Hall–Kier alpha value is -2.08. The summed E-state index contributed by atoms with van der Waals surface area (Å²) < 4.78 is 5.70. The molecule has 0 aromatic heterocycles. The molecule has 146 valence electrons. The molecular weight excluding hydrogens is 362 g/mol. The van der Waals surface area contributed by atoms with Crippen LogP contribution in [0.4, 0.5) is 17.1 Å². The van der Waals surface area contributed by atoms with Gasteiger partial charge in [0.2, 0.25) is 5.91 Å². The van der Waals surface area contributed by atoms with Gasteiger partial charge in [-0.1, -0.05) is 38.1 Å². The summed E-state index contributed by atoms with van der Waals surface area (Å²) in [7, 11) is 0. The molecule has 0 spiro atoms. The van der Waals surface area contributed by atoms with E-state index in [1.165, 1.54) is 0 Å². The maximum Gasteiger partial charge on any atom is 0.245 e. The van der Waals surface area contributed by atoms with Crippen molar-refractivity contribution < 1.29 is 9.53 Å². The minimum atomic E-state index is -0.935. The average Bonchev–Trinajstić information content (AvgIpc) is 2.62. The fraction of sp³-hybridized carbons (Fsp3) is 0.381. The van der Waals surface area contributed by atoms with Gasteiger partial charge in [0.05, 0.1) is 6.10 Å². The smallest absolute Gasteiger partial charge is 0.245 e. The Bertz CT molecular complexity index is 782. The van der Waals surface area contributed by atoms with Crippen LogP contribution in [0.1, 0.15) is 27.2 Å². The minimum absolute atomic E-state index is 0. The molecule has 5 nitrogen and oxygen atoms in total. The number of nitrogens with two attached hydrogens (primary N) is 1. The number of hydrogen-bond donors (Lipinski definition) is 3. The van der Waals surface area contributed by atoms with Gasteiger partial charge in [0, 0.05) is 35.5 Å². The lowest BCUT2D eigenvalue weighted by Crippen LogP contribution is -2.74. The summed E-state index contributed by atoms with van der Waals surface area (Å²) in [5.74, 6) is -0.171. The fourth-order valence-corrected chi connectivity index (χ4v) is 3.43. The number of carbonyl (C=O) groups excluding carboxylic acids is 1. The summed E-state index contributed by atoms with van der Waals surface area (Å²) in [6.45, 7) is 6.56. The number of ether oxygens (including phenoxy) is 1. The third kappa shape index (κ3) is 4.10. The number of benzene rings is 2. The van der Waals surface area contributed by atoms with Crippen molar-refractivity contribution in [2.24, 2.45) is 11.1 Å². The number of anilines is 3. The molecule has 1 aliphatic rings. The minimum Gasteiger partial charge on any atom is -0.378 e. The predicted molar refractivity (Wildman–Crippen MR) is 113 cm³/mol. The van der Waals surface area contributed by atoms with E-state index < -0.39 is 11.0 Å². The maximum absolute atomic E-state index is 12.8. The van der Waals surface area contributed by atoms with Crippen LogP contribution in [-0.4, -0.2) is 24.2 Å². The molecule has 4 N–H and O–H groups in total. The van der Waals surface area contributed by atoms with E-state index in [-0.39, 0.29) is 24.4 Å². The highest BCUT2D eigenvalue weighted by molar-refractivity contribution is 6.00. The van der Waals surface area contributed by atoms with E-state index in [1.807, 2.05) is 75.4 Å². The third-order valence-electron chi connectivity index (χ3n) is 5.42. The summed E-state index contributed by atoms with van der Waals surface area (Å²) in [4.78, 5) is 12.8. The molecular formula is C21H28ClN3O2. The molecule has 0 saturated heterocycles. The van der Waals surface area contributed by atoms with Crippen LogP contribution in [0.2, 0.25) is 0 Å². The molecule has 1 saturated carbocycles. The zero-order chi connectivity index (χ0) is 18.8. The van der Waals surface area contributed by atoms with Gasteiger partial charge in [-0.15, -0.1) is 12.4 Å². The van der Waals surface area contributed by atoms with Gasteiger partial charge in [0.1, 0.15) is 5.54 Å². The van der Waals surface area contributed by atoms with Gasteiger partial charge in [-0.05, 0) is 37.3 Å². The summed E-state index contributed by atoms with van der Waals surface area (Å²) >= 11 is 0. The zero-order valence-electron chi connectivity index (χ0n) is 16.0. The highest BCUT2D eigenvalue weighted by Crippen LogP contribution is 2.50. The molecule has 2 aromatic rings. The number of nitrogens with one attached hydrogen (secondary N) is 2. The maximum atomic E-state index is 12.8. The number of amides is 1. The number of rotatable bonds is 6. The van der Waals surface area contributed by atoms with E-state index in [0.717, 1.165) is 17.1 Å². The van der Waals surface area contributed by atoms with E-state index in [0.29, 0.717) is 13.0 Å². The Morgan fingerprint density at radius 2 is 1.74 bits per heavy atom. The average molecular weight is 390 g/mol. The quantitative estimate of drug-likeness (QED) is 0.687. The largest absolute Gasteiger partial charge is 0.378 e. The van der Waals surface area contributed by atoms with Gasteiger partial charge >= 0.3 is 0 Å². The first kappa shape index (κ1) is 21.2. The van der Waals surface area contributed by atoms with E-state index in [9.17, 15) is 4.79 Å². The summed E-state index contributed by atoms with van der Waals surface area (Å²) in [5.41, 5.74) is 7.72. The lowest BCUT2D eigenvalue weighted by atomic mass is 9.54. The van der Waals surface area contributed by atoms with Crippen LogP contribution >= 0.6 is 12.4 Å². The van der Waals surface area contributed by atoms with E-state index in [4.69, 9.17) is 10.5 Å². The molecule has 6 heteroatoms. The van der Waals surface area contributed by atoms with Crippen LogP contribution in [0.3, 0.4) is 0 Å². The first-order valence-electron chi connectivity index (χ1n) is 9.01. The summed E-state index contributed by atoms with van der Waals surface area (Å²) in [6.07, 6.45) is 0.538. The molecule has 2 unspecified atom stereocenters. The van der Waals surface area contributed by atoms with Crippen LogP contribution in [0.5, 0.6) is 0 Å². The van der Waals surface area contributed by atoms with Crippen LogP contribution in [0.15, 0.2) is 54.6 Å². The summed E-state index contributed by atoms with van der Waals surface area (Å²) in [5, 5.41) is 6.29. The van der Waals surface area contributed by atoms with Gasteiger partial charge in [-0.3, -0.25) is 4.79 Å². The van der Waals surface area contributed by atoms with Crippen LogP contribution < -0.4 is 16.4 Å². The van der Waals surface area contributed by atoms with Gasteiger partial charge in [-0.2, -0.15) is 0 Å². The molecule has 0 aliphatic heterocycles. The SMILES string of the molecule is CCOC1CC(N)(C(=O)Nc2cccc(Nc3ccccc3)c2)C1(C)C.Cl. The van der Waals surface area contributed by atoms with Crippen molar-refractivity contribution in [1.29, 1.82) is 0 Å². The van der Waals surface area contributed by atoms with Crippen molar-refractivity contribution in [3.8, 4) is 0 Å². The fourth-order valence-electron chi connectivity index (χ4n) is 3.43. The second kappa shape index (κ2) is 8.30. The first-order chi connectivity index (χ1) is 12.4. The van der Waals surface area contributed by atoms with Crippen LogP contribution in [-0.2, 0) is 9.53 Å². The van der Waals surface area contributed by atoms with E-state index >= 15 is 0 Å². The molecule has 3 rings (SSSR count). The highest BCUT2D eigenvalue weighted by atomic mass is 35.5. The van der Waals surface area contributed by atoms with Gasteiger partial charge < -0.3 is 21.1 Å². The number of para-hydroxylation sites is 1. The highest BCUT2D eigenvalue weighted by Gasteiger charge is 2.62. The normalized spacial score (nSPS) is 22.9. The van der Waals surface area contributed by atoms with Gasteiger partial charge in [0.15, 0.2) is 0 Å². The lowest BCUT2D eigenvalue weighted by Gasteiger charge is -2.57. The van der Waals surface area contributed by atoms with Crippen molar-refractivity contribution in [3.63, 3.8) is 0 Å². The Morgan fingerprint density at radius 3 is 2.37 bits per heavy atom. The first-order valence-corrected chi connectivity index (χ1v) is 9.01. The van der Waals surface area contributed by atoms with E-state index in [2.05, 4.69) is 10.6 Å². The summed E-state index contributed by atoms with van der Waals surface area (Å²) in [6, 6.07) is 17.5. The topological polar surface area (TPSA) is 76.4 Å². The Labute approximate surface area is 167 Å². The zero-order valence-corrected chi connectivity index (χ0v) is 16.8. The van der Waals surface area contributed by atoms with Crippen molar-refractivity contribution in [2.45, 2.75) is 38.8 Å². The number of hydrogen-bond acceptors (Lipinski definition) is 4. The van der Waals surface area contributed by atoms with Crippen molar-refractivity contribution >= 4 is 35.4 Å². The van der Waals surface area contributed by atoms with Crippen LogP contribution in [0.25, 0.3) is 0 Å². The Kier molecular flexibility index (Phi) is 6.52. The molecule has 1 amide bonds. The van der Waals surface area contributed by atoms with Crippen molar-refractivity contribution in [1.82, 2.24) is 0 Å². The molecule has 0 radical (unpaired) electrons. The molecule has 0 bridgehead atoms. The van der Waals surface area contributed by atoms with Gasteiger partial charge in [0.25, 0.3) is 0 Å². The number of carbonyl (C=O) groups is 1. The van der Waals surface area contributed by atoms with Gasteiger partial charge in [-0.25, -0.2) is 0 Å². The number of halogens is 1. The molecule has 2 atom stereocenters. The molecule has 1 aliphatic carbocycles. The van der Waals surface area contributed by atoms with Crippen molar-refractivity contribution in [2.75, 3.05) is 17.2 Å². The van der Waals surface area contributed by atoms with Crippen LogP contribution in [0, 0.1) is 5.41 Å². The monoisotopic (exact) mass is 389 g/mol. The Balaban J connectivity index is 0.00000261. The molecule has 0 heterocycles. The molecule has 2 aromatic carbocycles. The second-order valence-corrected chi connectivity index (χ2v) is 7.37. The standard InChI is InChI=1S/C21H27N3O2.ClH/c1-4-26-18-14-21(22,20(18,2)3)19(25)24-17-12-8-11-16(13-17)23-15-9-6-5-7-10-15;/h5-13,18,23H,4,14,22H2,1-3H3,(H,24,25);1H. The lowest BCUT2D eigenvalue weighted by molar-refractivity contribution is -0.166. The Morgan fingerprint density at radius 1 is 1.11 bits per heavy atom.